The third kappa shape index (κ3) is 4.84. The van der Waals surface area contributed by atoms with Crippen molar-refractivity contribution in [3.8, 4) is 17.9 Å². The summed E-state index contributed by atoms with van der Waals surface area (Å²) >= 11 is 0. The maximum atomic E-state index is 9.40. The molecule has 0 aromatic heterocycles. The Morgan fingerprint density at radius 3 is 1.89 bits per heavy atom. The number of allylic oxidation sites excluding steroid dienone is 6. The number of hydrogen-bond acceptors (Lipinski definition) is 3. The second kappa shape index (κ2) is 9.61. The molecule has 0 fully saturated rings. The van der Waals surface area contributed by atoms with Crippen LogP contribution in [0.3, 0.4) is 0 Å². The molecule has 0 saturated carbocycles. The lowest BCUT2D eigenvalue weighted by Crippen LogP contribution is -1.94. The molecule has 0 amide bonds. The largest absolute Gasteiger partial charge is 0.497 e. The number of ether oxygens (including phenoxy) is 1. The first-order valence-electron chi connectivity index (χ1n) is 8.40. The Labute approximate surface area is 160 Å². The van der Waals surface area contributed by atoms with Gasteiger partial charge in [0, 0.05) is 5.57 Å². The first-order chi connectivity index (χ1) is 13.1. The average molecular weight is 352 g/mol. The fourth-order valence-electron chi connectivity index (χ4n) is 2.62. The standard InChI is InChI=1S/C24H20N2O/c1-4-5-6-7-18(2)19-8-10-20(11-9-19)24(22(16-25)17-26)21-12-14-23(27-3)15-13-21/h4-15H,1H2,2-3H3/b6-5-,18-7+. The zero-order valence-electron chi connectivity index (χ0n) is 15.4. The summed E-state index contributed by atoms with van der Waals surface area (Å²) in [5.74, 6) is 0.720. The summed E-state index contributed by atoms with van der Waals surface area (Å²) in [4.78, 5) is 0. The van der Waals surface area contributed by atoms with E-state index in [2.05, 4.69) is 6.58 Å². The molecule has 0 heterocycles. The number of methoxy groups -OCH3 is 1. The minimum absolute atomic E-state index is 0.0779. The maximum Gasteiger partial charge on any atom is 0.138 e. The molecule has 132 valence electrons. The van der Waals surface area contributed by atoms with Gasteiger partial charge in [0.05, 0.1) is 7.11 Å². The lowest BCUT2D eigenvalue weighted by molar-refractivity contribution is 0.415. The summed E-state index contributed by atoms with van der Waals surface area (Å²) in [5.41, 5.74) is 4.48. The van der Waals surface area contributed by atoms with Gasteiger partial charge in [-0.15, -0.1) is 0 Å². The summed E-state index contributed by atoms with van der Waals surface area (Å²) in [6.45, 7) is 5.68. The second-order valence-corrected chi connectivity index (χ2v) is 5.75. The normalized spacial score (nSPS) is 10.7. The average Bonchev–Trinajstić information content (AvgIpc) is 2.72. The van der Waals surface area contributed by atoms with Crippen LogP contribution in [0.15, 0.2) is 85.0 Å². The highest BCUT2D eigenvalue weighted by atomic mass is 16.5. The number of nitrogens with zero attached hydrogens (tertiary/aromatic N) is 2. The molecule has 0 saturated heterocycles. The van der Waals surface area contributed by atoms with Gasteiger partial charge in [0.25, 0.3) is 0 Å². The van der Waals surface area contributed by atoms with E-state index in [0.29, 0.717) is 5.57 Å². The number of hydrogen-bond donors (Lipinski definition) is 0. The lowest BCUT2D eigenvalue weighted by atomic mass is 9.92. The van der Waals surface area contributed by atoms with Gasteiger partial charge in [0.1, 0.15) is 23.5 Å². The van der Waals surface area contributed by atoms with Crippen LogP contribution in [0.4, 0.5) is 0 Å². The van der Waals surface area contributed by atoms with Crippen LogP contribution < -0.4 is 4.74 Å². The molecule has 27 heavy (non-hydrogen) atoms. The van der Waals surface area contributed by atoms with Gasteiger partial charge in [-0.2, -0.15) is 10.5 Å². The third-order valence-electron chi connectivity index (χ3n) is 4.07. The predicted octanol–water partition coefficient (Wildman–Crippen LogP) is 5.69. The van der Waals surface area contributed by atoms with Gasteiger partial charge >= 0.3 is 0 Å². The fraction of sp³-hybridized carbons (Fsp3) is 0.0833. The van der Waals surface area contributed by atoms with E-state index in [9.17, 15) is 10.5 Å². The Morgan fingerprint density at radius 2 is 1.41 bits per heavy atom. The Morgan fingerprint density at radius 1 is 0.889 bits per heavy atom. The van der Waals surface area contributed by atoms with Crippen LogP contribution in [0.1, 0.15) is 23.6 Å². The highest BCUT2D eigenvalue weighted by Gasteiger charge is 2.12. The fourth-order valence-corrected chi connectivity index (χ4v) is 2.62. The van der Waals surface area contributed by atoms with Gasteiger partial charge < -0.3 is 4.74 Å². The van der Waals surface area contributed by atoms with Crippen LogP contribution in [-0.2, 0) is 0 Å². The van der Waals surface area contributed by atoms with Gasteiger partial charge in [-0.25, -0.2) is 0 Å². The first-order valence-corrected chi connectivity index (χ1v) is 8.40. The van der Waals surface area contributed by atoms with Crippen molar-refractivity contribution in [2.45, 2.75) is 6.92 Å². The lowest BCUT2D eigenvalue weighted by Gasteiger charge is -2.11. The van der Waals surface area contributed by atoms with Crippen molar-refractivity contribution in [3.05, 3.63) is 102 Å². The molecule has 3 nitrogen and oxygen atoms in total. The SMILES string of the molecule is C=C/C=C\C=C(/C)c1ccc(C(=C(C#N)C#N)c2ccc(OC)cc2)cc1. The molecular formula is C24H20N2O. The van der Waals surface area contributed by atoms with Crippen molar-refractivity contribution >= 4 is 11.1 Å². The molecule has 0 aliphatic heterocycles. The molecule has 3 heteroatoms. The maximum absolute atomic E-state index is 9.40. The van der Waals surface area contributed by atoms with E-state index in [4.69, 9.17) is 4.74 Å². The summed E-state index contributed by atoms with van der Waals surface area (Å²) in [6.07, 6.45) is 7.54. The van der Waals surface area contributed by atoms with Gasteiger partial charge in [-0.1, -0.05) is 67.3 Å². The van der Waals surface area contributed by atoms with E-state index >= 15 is 0 Å². The monoisotopic (exact) mass is 352 g/mol. The minimum atomic E-state index is 0.0779. The molecule has 2 aromatic carbocycles. The van der Waals surface area contributed by atoms with Crippen LogP contribution >= 0.6 is 0 Å². The highest BCUT2D eigenvalue weighted by molar-refractivity contribution is 5.87. The Hall–Kier alpha value is -3.82. The smallest absolute Gasteiger partial charge is 0.138 e. The van der Waals surface area contributed by atoms with E-state index in [1.54, 1.807) is 13.2 Å². The van der Waals surface area contributed by atoms with Gasteiger partial charge in [-0.05, 0) is 41.3 Å². The molecule has 2 aromatic rings. The summed E-state index contributed by atoms with van der Waals surface area (Å²) in [6, 6.07) is 19.2. The van der Waals surface area contributed by atoms with Crippen molar-refractivity contribution in [2.24, 2.45) is 0 Å². The van der Waals surface area contributed by atoms with Gasteiger partial charge in [0.15, 0.2) is 0 Å². The van der Waals surface area contributed by atoms with Gasteiger partial charge in [-0.3, -0.25) is 0 Å². The zero-order valence-corrected chi connectivity index (χ0v) is 15.4. The number of nitriles is 2. The van der Waals surface area contributed by atoms with E-state index in [1.807, 2.05) is 85.8 Å². The van der Waals surface area contributed by atoms with Crippen molar-refractivity contribution in [2.75, 3.05) is 7.11 Å². The molecule has 0 aliphatic carbocycles. The summed E-state index contributed by atoms with van der Waals surface area (Å²) in [7, 11) is 1.60. The Kier molecular flexibility index (Phi) is 6.94. The quantitative estimate of drug-likeness (QED) is 0.496. The highest BCUT2D eigenvalue weighted by Crippen LogP contribution is 2.29. The summed E-state index contributed by atoms with van der Waals surface area (Å²) < 4.78 is 5.19. The number of benzene rings is 2. The van der Waals surface area contributed by atoms with Crippen molar-refractivity contribution in [1.29, 1.82) is 10.5 Å². The van der Waals surface area contributed by atoms with Crippen molar-refractivity contribution < 1.29 is 4.74 Å². The van der Waals surface area contributed by atoms with Crippen LogP contribution in [0.5, 0.6) is 5.75 Å². The molecule has 2 rings (SSSR count). The molecule has 0 radical (unpaired) electrons. The van der Waals surface area contributed by atoms with E-state index in [-0.39, 0.29) is 5.57 Å². The molecular weight excluding hydrogens is 332 g/mol. The van der Waals surface area contributed by atoms with Crippen LogP contribution in [-0.4, -0.2) is 7.11 Å². The molecule has 0 atom stereocenters. The molecule has 0 N–H and O–H groups in total. The zero-order chi connectivity index (χ0) is 19.6. The van der Waals surface area contributed by atoms with Gasteiger partial charge in [0.2, 0.25) is 0 Å². The minimum Gasteiger partial charge on any atom is -0.497 e. The van der Waals surface area contributed by atoms with Crippen LogP contribution in [0.25, 0.3) is 11.1 Å². The van der Waals surface area contributed by atoms with Crippen LogP contribution in [0, 0.1) is 22.7 Å². The second-order valence-electron chi connectivity index (χ2n) is 5.75. The molecule has 0 unspecified atom stereocenters. The predicted molar refractivity (Wildman–Crippen MR) is 110 cm³/mol. The van der Waals surface area contributed by atoms with Crippen LogP contribution in [0.2, 0.25) is 0 Å². The van der Waals surface area contributed by atoms with E-state index < -0.39 is 0 Å². The summed E-state index contributed by atoms with van der Waals surface area (Å²) in [5, 5.41) is 18.8. The van der Waals surface area contributed by atoms with E-state index in [0.717, 1.165) is 28.0 Å². The Bertz CT molecular complexity index is 961. The van der Waals surface area contributed by atoms with Crippen molar-refractivity contribution in [3.63, 3.8) is 0 Å². The molecule has 0 aliphatic rings. The molecule has 0 bridgehead atoms. The first kappa shape index (κ1) is 19.5. The number of rotatable bonds is 6. The van der Waals surface area contributed by atoms with E-state index in [1.165, 1.54) is 0 Å². The van der Waals surface area contributed by atoms with Crippen molar-refractivity contribution in [1.82, 2.24) is 0 Å². The third-order valence-corrected chi connectivity index (χ3v) is 4.07. The molecule has 0 spiro atoms. The Balaban J connectivity index is 2.49. The topological polar surface area (TPSA) is 56.8 Å².